The molecule has 0 saturated heterocycles. The van der Waals surface area contributed by atoms with Gasteiger partial charge in [0, 0.05) is 18.6 Å². The van der Waals surface area contributed by atoms with Crippen molar-refractivity contribution in [1.29, 1.82) is 0 Å². The molecule has 0 atom stereocenters. The van der Waals surface area contributed by atoms with Crippen molar-refractivity contribution in [3.8, 4) is 11.6 Å². The summed E-state index contributed by atoms with van der Waals surface area (Å²) in [5.41, 5.74) is 4.13. The number of benzene rings is 1. The summed E-state index contributed by atoms with van der Waals surface area (Å²) >= 11 is 0. The Morgan fingerprint density at radius 2 is 2.05 bits per heavy atom. The number of rotatable bonds is 5. The van der Waals surface area contributed by atoms with Crippen molar-refractivity contribution in [1.82, 2.24) is 9.78 Å². The molecule has 1 N–H and O–H groups in total. The average molecular weight is 260 g/mol. The summed E-state index contributed by atoms with van der Waals surface area (Å²) in [5.74, 6) is 0.722. The Balaban J connectivity index is 2.60. The van der Waals surface area contributed by atoms with Gasteiger partial charge < -0.3 is 9.84 Å². The summed E-state index contributed by atoms with van der Waals surface area (Å²) < 4.78 is 7.34. The molecule has 0 radical (unpaired) electrons. The van der Waals surface area contributed by atoms with Gasteiger partial charge in [-0.3, -0.25) is 0 Å². The molecule has 4 nitrogen and oxygen atoms in total. The first-order valence-electron chi connectivity index (χ1n) is 6.54. The molecule has 0 aliphatic carbocycles. The fourth-order valence-electron chi connectivity index (χ4n) is 2.30. The van der Waals surface area contributed by atoms with Crippen LogP contribution in [0.3, 0.4) is 0 Å². The summed E-state index contributed by atoms with van der Waals surface area (Å²) in [5, 5.41) is 13.8. The Morgan fingerprint density at radius 1 is 1.32 bits per heavy atom. The zero-order valence-corrected chi connectivity index (χ0v) is 11.7. The number of nitrogens with zero attached hydrogens (tertiary/aromatic N) is 2. The van der Waals surface area contributed by atoms with Crippen LogP contribution < -0.4 is 4.74 Å². The predicted molar refractivity (Wildman–Crippen MR) is 75.0 cm³/mol. The van der Waals surface area contributed by atoms with Crippen LogP contribution in [0, 0.1) is 6.92 Å². The monoisotopic (exact) mass is 260 g/mol. The average Bonchev–Trinajstić information content (AvgIpc) is 2.77. The molecule has 4 heteroatoms. The van der Waals surface area contributed by atoms with Gasteiger partial charge in [0.25, 0.3) is 0 Å². The van der Waals surface area contributed by atoms with Gasteiger partial charge in [0.1, 0.15) is 0 Å². The molecular weight excluding hydrogens is 240 g/mol. The topological polar surface area (TPSA) is 47.3 Å². The van der Waals surface area contributed by atoms with E-state index < -0.39 is 0 Å². The van der Waals surface area contributed by atoms with Gasteiger partial charge in [-0.05, 0) is 25.0 Å². The molecule has 1 aromatic carbocycles. The minimum atomic E-state index is 0.100. The van der Waals surface area contributed by atoms with Crippen LogP contribution in [-0.4, -0.2) is 28.6 Å². The van der Waals surface area contributed by atoms with E-state index in [2.05, 4.69) is 12.0 Å². The predicted octanol–water partition coefficient (Wildman–Crippen LogP) is 2.29. The van der Waals surface area contributed by atoms with Gasteiger partial charge in [-0.25, -0.2) is 4.68 Å². The van der Waals surface area contributed by atoms with Crippen LogP contribution in [0.1, 0.15) is 23.7 Å². The van der Waals surface area contributed by atoms with Crippen molar-refractivity contribution >= 4 is 0 Å². The van der Waals surface area contributed by atoms with E-state index in [4.69, 9.17) is 4.74 Å². The molecular formula is C15H20N2O2. The van der Waals surface area contributed by atoms with Crippen LogP contribution in [0.2, 0.25) is 0 Å². The highest BCUT2D eigenvalue weighted by molar-refractivity contribution is 5.45. The highest BCUT2D eigenvalue weighted by atomic mass is 16.5. The lowest BCUT2D eigenvalue weighted by atomic mass is 10.1. The first kappa shape index (κ1) is 13.6. The van der Waals surface area contributed by atoms with Crippen molar-refractivity contribution in [2.75, 3.05) is 13.7 Å². The molecule has 0 bridgehead atoms. The normalized spacial score (nSPS) is 10.7. The molecule has 0 aliphatic heterocycles. The summed E-state index contributed by atoms with van der Waals surface area (Å²) in [4.78, 5) is 0. The number of methoxy groups -OCH3 is 1. The van der Waals surface area contributed by atoms with Crippen molar-refractivity contribution in [3.05, 3.63) is 41.1 Å². The highest BCUT2D eigenvalue weighted by Crippen LogP contribution is 2.28. The van der Waals surface area contributed by atoms with Gasteiger partial charge in [-0.1, -0.05) is 25.1 Å². The molecule has 0 amide bonds. The van der Waals surface area contributed by atoms with Crippen LogP contribution in [0.5, 0.6) is 5.88 Å². The Morgan fingerprint density at radius 3 is 2.63 bits per heavy atom. The first-order chi connectivity index (χ1) is 9.22. The number of ether oxygens (including phenoxy) is 1. The molecule has 0 aliphatic rings. The van der Waals surface area contributed by atoms with E-state index in [0.717, 1.165) is 34.8 Å². The van der Waals surface area contributed by atoms with Gasteiger partial charge in [-0.15, -0.1) is 0 Å². The molecule has 1 aromatic heterocycles. The van der Waals surface area contributed by atoms with E-state index >= 15 is 0 Å². The maximum atomic E-state index is 9.20. The number of aliphatic hydroxyl groups is 1. The third kappa shape index (κ3) is 2.49. The maximum Gasteiger partial charge on any atom is 0.220 e. The number of aliphatic hydroxyl groups excluding tert-OH is 1. The third-order valence-electron chi connectivity index (χ3n) is 3.25. The Hall–Kier alpha value is -1.81. The standard InChI is InChI=1S/C15H20N2O2/c1-4-13-12(9-10-18)15(19-3)17(16-13)14-8-6-5-7-11(14)2/h5-8,18H,4,9-10H2,1-3H3. The van der Waals surface area contributed by atoms with E-state index in [-0.39, 0.29) is 6.61 Å². The van der Waals surface area contributed by atoms with E-state index in [1.54, 1.807) is 7.11 Å². The SMILES string of the molecule is CCc1nn(-c2ccccc2C)c(OC)c1CCO. The van der Waals surface area contributed by atoms with Gasteiger partial charge in [0.05, 0.1) is 18.5 Å². The van der Waals surface area contributed by atoms with Crippen LogP contribution in [0.15, 0.2) is 24.3 Å². The zero-order chi connectivity index (χ0) is 13.8. The fourth-order valence-corrected chi connectivity index (χ4v) is 2.30. The highest BCUT2D eigenvalue weighted by Gasteiger charge is 2.18. The summed E-state index contributed by atoms with van der Waals surface area (Å²) in [6.45, 7) is 4.21. The number of hydrogen-bond donors (Lipinski definition) is 1. The molecule has 0 saturated carbocycles. The Labute approximate surface area is 113 Å². The second-order valence-corrected chi connectivity index (χ2v) is 4.46. The third-order valence-corrected chi connectivity index (χ3v) is 3.25. The van der Waals surface area contributed by atoms with Gasteiger partial charge >= 0.3 is 0 Å². The molecule has 2 aromatic rings. The van der Waals surface area contributed by atoms with Crippen LogP contribution in [0.4, 0.5) is 0 Å². The minimum absolute atomic E-state index is 0.100. The molecule has 2 rings (SSSR count). The van der Waals surface area contributed by atoms with Gasteiger partial charge in [0.2, 0.25) is 5.88 Å². The second kappa shape index (κ2) is 5.89. The largest absolute Gasteiger partial charge is 0.481 e. The van der Waals surface area contributed by atoms with E-state index in [1.807, 2.05) is 35.9 Å². The first-order valence-corrected chi connectivity index (χ1v) is 6.54. The summed E-state index contributed by atoms with van der Waals surface area (Å²) in [7, 11) is 1.64. The minimum Gasteiger partial charge on any atom is -0.481 e. The van der Waals surface area contributed by atoms with Crippen LogP contribution >= 0.6 is 0 Å². The zero-order valence-electron chi connectivity index (χ0n) is 11.7. The fraction of sp³-hybridized carbons (Fsp3) is 0.400. The molecule has 0 fully saturated rings. The number of para-hydroxylation sites is 1. The van der Waals surface area contributed by atoms with Gasteiger partial charge in [0.15, 0.2) is 0 Å². The number of aromatic nitrogens is 2. The van der Waals surface area contributed by atoms with Crippen molar-refractivity contribution < 1.29 is 9.84 Å². The molecule has 0 unspecified atom stereocenters. The van der Waals surface area contributed by atoms with Gasteiger partial charge in [-0.2, -0.15) is 5.10 Å². The second-order valence-electron chi connectivity index (χ2n) is 4.46. The van der Waals surface area contributed by atoms with Crippen molar-refractivity contribution in [2.24, 2.45) is 0 Å². The quantitative estimate of drug-likeness (QED) is 0.897. The lowest BCUT2D eigenvalue weighted by Crippen LogP contribution is -2.03. The molecule has 102 valence electrons. The van der Waals surface area contributed by atoms with Crippen molar-refractivity contribution in [3.63, 3.8) is 0 Å². The van der Waals surface area contributed by atoms with E-state index in [9.17, 15) is 5.11 Å². The molecule has 19 heavy (non-hydrogen) atoms. The van der Waals surface area contributed by atoms with Crippen LogP contribution in [-0.2, 0) is 12.8 Å². The number of aryl methyl sites for hydroxylation is 2. The number of hydrogen-bond acceptors (Lipinski definition) is 3. The summed E-state index contributed by atoms with van der Waals surface area (Å²) in [6, 6.07) is 8.06. The molecule has 0 spiro atoms. The molecule has 1 heterocycles. The van der Waals surface area contributed by atoms with E-state index in [0.29, 0.717) is 6.42 Å². The smallest absolute Gasteiger partial charge is 0.220 e. The Kier molecular flexibility index (Phi) is 4.22. The van der Waals surface area contributed by atoms with Crippen molar-refractivity contribution in [2.45, 2.75) is 26.7 Å². The lowest BCUT2D eigenvalue weighted by Gasteiger charge is -2.09. The van der Waals surface area contributed by atoms with E-state index in [1.165, 1.54) is 0 Å². The Bertz CT molecular complexity index is 561. The lowest BCUT2D eigenvalue weighted by molar-refractivity contribution is 0.295. The summed E-state index contributed by atoms with van der Waals surface area (Å²) in [6.07, 6.45) is 1.39. The van der Waals surface area contributed by atoms with Crippen LogP contribution in [0.25, 0.3) is 5.69 Å². The maximum absolute atomic E-state index is 9.20.